The first-order valence-electron chi connectivity index (χ1n) is 14.8. The van der Waals surface area contributed by atoms with Gasteiger partial charge in [-0.1, -0.05) is 19.9 Å². The molecule has 6 N–H and O–H groups in total. The summed E-state index contributed by atoms with van der Waals surface area (Å²) in [6, 6.07) is 0. The molecule has 0 aromatic carbocycles. The van der Waals surface area contributed by atoms with Crippen LogP contribution in [-0.4, -0.2) is 138 Å². The Hall–Kier alpha value is -1.76. The molecule has 5 aliphatic rings. The molecular weight excluding hydrogens is 588 g/mol. The highest BCUT2D eigenvalue weighted by Crippen LogP contribution is 2.66. The van der Waals surface area contributed by atoms with Crippen LogP contribution in [0.5, 0.6) is 0 Å². The molecule has 0 spiro atoms. The Labute approximate surface area is 254 Å². The average molecular weight is 633 g/mol. The van der Waals surface area contributed by atoms with E-state index in [0.717, 1.165) is 0 Å². The lowest BCUT2D eigenvalue weighted by atomic mass is 9.46. The number of aliphatic hydroxyl groups excluding tert-OH is 5. The van der Waals surface area contributed by atoms with E-state index in [1.165, 1.54) is 21.3 Å². The van der Waals surface area contributed by atoms with Gasteiger partial charge in [0.05, 0.1) is 25.7 Å². The molecule has 0 aromatic rings. The number of carbonyl (C=O) groups excluding carboxylic acids is 2. The monoisotopic (exact) mass is 632 g/mol. The van der Waals surface area contributed by atoms with Gasteiger partial charge in [0, 0.05) is 25.2 Å². The first kappa shape index (κ1) is 33.6. The zero-order chi connectivity index (χ0) is 32.4. The number of methoxy groups -OCH3 is 3. The molecule has 5 rings (SSSR count). The van der Waals surface area contributed by atoms with Crippen LogP contribution in [0.3, 0.4) is 0 Å². The molecule has 0 amide bonds. The van der Waals surface area contributed by atoms with E-state index in [0.29, 0.717) is 18.4 Å². The fourth-order valence-corrected chi connectivity index (χ4v) is 8.44. The molecule has 44 heavy (non-hydrogen) atoms. The fraction of sp³-hybridized carbons (Fsp3) is 0.862. The summed E-state index contributed by atoms with van der Waals surface area (Å²) in [4.78, 5) is 26.4. The molecule has 0 unspecified atom stereocenters. The second kappa shape index (κ2) is 12.1. The number of hydrogen-bond donors (Lipinski definition) is 6. The van der Waals surface area contributed by atoms with E-state index in [9.17, 15) is 40.2 Å². The zero-order valence-electron chi connectivity index (χ0n) is 25.4. The van der Waals surface area contributed by atoms with E-state index in [4.69, 9.17) is 33.2 Å². The first-order valence-corrected chi connectivity index (χ1v) is 14.8. The van der Waals surface area contributed by atoms with E-state index < -0.39 is 108 Å². The van der Waals surface area contributed by atoms with Crippen molar-refractivity contribution in [3.05, 3.63) is 11.6 Å². The quantitative estimate of drug-likeness (QED) is 0.153. The largest absolute Gasteiger partial charge is 0.466 e. The maximum atomic E-state index is 13.4. The number of aliphatic hydroxyl groups is 6. The van der Waals surface area contributed by atoms with Gasteiger partial charge in [0.2, 0.25) is 0 Å². The number of hydrogen-bond acceptors (Lipinski definition) is 15. The minimum absolute atomic E-state index is 0.184. The number of esters is 2. The van der Waals surface area contributed by atoms with Gasteiger partial charge in [-0.3, -0.25) is 4.79 Å². The van der Waals surface area contributed by atoms with Crippen molar-refractivity contribution in [3.63, 3.8) is 0 Å². The summed E-state index contributed by atoms with van der Waals surface area (Å²) in [6.45, 7) is 2.95. The molecule has 250 valence electrons. The molecule has 0 radical (unpaired) electrons. The van der Waals surface area contributed by atoms with Gasteiger partial charge in [-0.2, -0.15) is 0 Å². The molecule has 2 bridgehead atoms. The average Bonchev–Trinajstić information content (AvgIpc) is 3.52. The second-order valence-corrected chi connectivity index (χ2v) is 12.9. The maximum Gasteiger partial charge on any atom is 0.334 e. The van der Waals surface area contributed by atoms with Gasteiger partial charge in [-0.05, 0) is 37.0 Å². The Morgan fingerprint density at radius 3 is 2.36 bits per heavy atom. The van der Waals surface area contributed by atoms with Crippen LogP contribution in [0.2, 0.25) is 0 Å². The Bertz CT molecular complexity index is 1130. The molecule has 3 heterocycles. The van der Waals surface area contributed by atoms with Crippen LogP contribution in [0, 0.1) is 22.7 Å². The summed E-state index contributed by atoms with van der Waals surface area (Å²) in [5.41, 5.74) is -4.06. The number of fused-ring (bicyclic) bond motifs is 4. The molecule has 3 saturated heterocycles. The molecule has 15 heteroatoms. The summed E-state index contributed by atoms with van der Waals surface area (Å²) in [5.74, 6) is -2.13. The third-order valence-electron chi connectivity index (χ3n) is 10.9. The van der Waals surface area contributed by atoms with Crippen LogP contribution >= 0.6 is 0 Å². The molecule has 15 atom stereocenters. The van der Waals surface area contributed by atoms with Gasteiger partial charge < -0.3 is 63.8 Å². The van der Waals surface area contributed by atoms with E-state index in [1.807, 2.05) is 13.8 Å². The van der Waals surface area contributed by atoms with Gasteiger partial charge in [0.1, 0.15) is 36.6 Å². The zero-order valence-corrected chi connectivity index (χ0v) is 25.4. The number of carbonyl (C=O) groups is 2. The van der Waals surface area contributed by atoms with Crippen LogP contribution in [0.15, 0.2) is 11.6 Å². The molecule has 2 aliphatic carbocycles. The summed E-state index contributed by atoms with van der Waals surface area (Å²) < 4.78 is 39.1. The van der Waals surface area contributed by atoms with Crippen molar-refractivity contribution in [1.29, 1.82) is 0 Å². The number of allylic oxidation sites excluding steroid dienone is 1. The fourth-order valence-electron chi connectivity index (χ4n) is 8.44. The Morgan fingerprint density at radius 1 is 1.05 bits per heavy atom. The Balaban J connectivity index is 1.60. The van der Waals surface area contributed by atoms with Gasteiger partial charge >= 0.3 is 11.9 Å². The lowest BCUT2D eigenvalue weighted by molar-refractivity contribution is -0.340. The van der Waals surface area contributed by atoms with Crippen LogP contribution < -0.4 is 0 Å². The van der Waals surface area contributed by atoms with E-state index in [1.54, 1.807) is 6.08 Å². The number of ether oxygens (including phenoxy) is 7. The third-order valence-corrected chi connectivity index (χ3v) is 10.9. The highest BCUT2D eigenvalue weighted by Gasteiger charge is 2.70. The third kappa shape index (κ3) is 4.83. The normalized spacial score (nSPS) is 49.2. The lowest BCUT2D eigenvalue weighted by Crippen LogP contribution is -2.65. The molecule has 0 aromatic heterocycles. The highest BCUT2D eigenvalue weighted by atomic mass is 16.8. The second-order valence-electron chi connectivity index (χ2n) is 12.9. The molecule has 15 nitrogen and oxygen atoms in total. The summed E-state index contributed by atoms with van der Waals surface area (Å²) in [5, 5.41) is 65.0. The smallest absolute Gasteiger partial charge is 0.334 e. The van der Waals surface area contributed by atoms with E-state index in [2.05, 4.69) is 0 Å². The van der Waals surface area contributed by atoms with Crippen molar-refractivity contribution in [1.82, 2.24) is 0 Å². The van der Waals surface area contributed by atoms with E-state index >= 15 is 0 Å². The standard InChI is InChI=1S/C29H44O15/c1-27(13-9-16(42-23(13)36)28(2)12(22(35)38-3)7-6-8-15(27)28)10-17(29(37)21(34)25(39-4)44-26(29)40-5)43-24-20(33)19(32)18(31)14(11-30)41-24/h7,13-21,24-26,30-34,37H,6,8-11H2,1-5H3/t13-,14-,15-,16-,17+,18-,19+,20-,21-,24+,25+,26+,27-,28-,29-/m1/s1. The van der Waals surface area contributed by atoms with Crippen molar-refractivity contribution >= 4 is 11.9 Å². The van der Waals surface area contributed by atoms with Gasteiger partial charge in [0.25, 0.3) is 0 Å². The van der Waals surface area contributed by atoms with Gasteiger partial charge in [-0.15, -0.1) is 0 Å². The van der Waals surface area contributed by atoms with Crippen molar-refractivity contribution in [2.45, 2.75) is 107 Å². The van der Waals surface area contributed by atoms with Crippen LogP contribution in [0.4, 0.5) is 0 Å². The van der Waals surface area contributed by atoms with Gasteiger partial charge in [-0.25, -0.2) is 4.79 Å². The van der Waals surface area contributed by atoms with Crippen LogP contribution in [0.1, 0.15) is 39.5 Å². The van der Waals surface area contributed by atoms with Crippen molar-refractivity contribution in [2.75, 3.05) is 27.9 Å². The van der Waals surface area contributed by atoms with Crippen LogP contribution in [0.25, 0.3) is 0 Å². The predicted octanol–water partition coefficient (Wildman–Crippen LogP) is -1.90. The van der Waals surface area contributed by atoms with Gasteiger partial charge in [0.15, 0.2) is 24.5 Å². The van der Waals surface area contributed by atoms with Crippen LogP contribution in [-0.2, 0) is 42.7 Å². The minimum atomic E-state index is -2.40. The predicted molar refractivity (Wildman–Crippen MR) is 144 cm³/mol. The topological polar surface area (TPSA) is 220 Å². The molecular formula is C29H44O15. The molecule has 1 saturated carbocycles. The summed E-state index contributed by atoms with van der Waals surface area (Å²) in [6.07, 6.45) is -12.3. The SMILES string of the molecule is COC(=O)C1=CCC[C@@H]2[C@](C)(C[C@H](O[C@@H]3O[C@H](CO)[C@@H](O)[C@H](O)[C@H]3O)[C@]3(O)[C@@H](OC)O[C@H](OC)[C@H]3O)[C@@H]3C[C@@H](OC3=O)[C@]12C. The maximum absolute atomic E-state index is 13.4. The minimum Gasteiger partial charge on any atom is -0.466 e. The summed E-state index contributed by atoms with van der Waals surface area (Å²) in [7, 11) is 3.77. The first-order chi connectivity index (χ1) is 20.7. The Morgan fingerprint density at radius 2 is 1.75 bits per heavy atom. The van der Waals surface area contributed by atoms with Crippen molar-refractivity contribution in [3.8, 4) is 0 Å². The van der Waals surface area contributed by atoms with Crippen molar-refractivity contribution < 1.29 is 73.4 Å². The van der Waals surface area contributed by atoms with Crippen molar-refractivity contribution in [2.24, 2.45) is 22.7 Å². The van der Waals surface area contributed by atoms with E-state index in [-0.39, 0.29) is 12.8 Å². The summed E-state index contributed by atoms with van der Waals surface area (Å²) >= 11 is 0. The number of rotatable bonds is 9. The Kier molecular flexibility index (Phi) is 9.25. The molecule has 3 aliphatic heterocycles. The highest BCUT2D eigenvalue weighted by molar-refractivity contribution is 5.91. The molecule has 4 fully saturated rings. The lowest BCUT2D eigenvalue weighted by Gasteiger charge is -2.57.